The van der Waals surface area contributed by atoms with Gasteiger partial charge >= 0.3 is 0 Å². The molecule has 1 aliphatic carbocycles. The van der Waals surface area contributed by atoms with Crippen molar-refractivity contribution in [2.75, 3.05) is 5.32 Å². The highest BCUT2D eigenvalue weighted by molar-refractivity contribution is 5.75. The van der Waals surface area contributed by atoms with Gasteiger partial charge in [-0.3, -0.25) is 0 Å². The zero-order valence-corrected chi connectivity index (χ0v) is 22.9. The van der Waals surface area contributed by atoms with Crippen LogP contribution in [-0.2, 0) is 0 Å². The molecule has 0 saturated heterocycles. The van der Waals surface area contributed by atoms with Crippen molar-refractivity contribution in [2.45, 2.75) is 44.2 Å². The Balaban J connectivity index is 0.00000320. The lowest BCUT2D eigenvalue weighted by Gasteiger charge is -2.21. The zero-order chi connectivity index (χ0) is 24.6. The van der Waals surface area contributed by atoms with Gasteiger partial charge in [0.1, 0.15) is 0 Å². The van der Waals surface area contributed by atoms with Crippen molar-refractivity contribution >= 4 is 11.3 Å². The average Bonchev–Trinajstić information content (AvgIpc) is 2.93. The number of benzene rings is 3. The van der Waals surface area contributed by atoms with Crippen molar-refractivity contribution in [1.29, 1.82) is 0 Å². The lowest BCUT2D eigenvalue weighted by Crippen LogP contribution is -3.00. The Morgan fingerprint density at radius 1 is 0.757 bits per heavy atom. The second-order valence-corrected chi connectivity index (χ2v) is 9.59. The summed E-state index contributed by atoms with van der Waals surface area (Å²) >= 11 is 0. The molecule has 1 heterocycles. The minimum atomic E-state index is 0. The summed E-state index contributed by atoms with van der Waals surface area (Å²) in [5.74, 6) is 0. The minimum absolute atomic E-state index is 0. The molecular weight excluding hydrogens is 516 g/mol. The van der Waals surface area contributed by atoms with Crippen molar-refractivity contribution in [3.8, 4) is 0 Å². The predicted octanol–water partition coefficient (Wildman–Crippen LogP) is 5.30. The van der Waals surface area contributed by atoms with Gasteiger partial charge in [-0.25, -0.2) is 0 Å². The van der Waals surface area contributed by atoms with Crippen LogP contribution in [0.1, 0.15) is 66.6 Å². The van der Waals surface area contributed by atoms with E-state index in [9.17, 15) is 0 Å². The first-order chi connectivity index (χ1) is 17.8. The Morgan fingerprint density at radius 3 is 2.08 bits per heavy atom. The molecule has 5 rings (SSSR count). The van der Waals surface area contributed by atoms with Gasteiger partial charge in [-0.15, -0.1) is 0 Å². The maximum absolute atomic E-state index is 4.52. The quantitative estimate of drug-likeness (QED) is 0.244. The van der Waals surface area contributed by atoms with Crippen molar-refractivity contribution in [1.82, 2.24) is 0 Å². The lowest BCUT2D eigenvalue weighted by atomic mass is 9.97. The zero-order valence-electron chi connectivity index (χ0n) is 21.3. The fourth-order valence-corrected chi connectivity index (χ4v) is 5.15. The third kappa shape index (κ3) is 6.67. The highest BCUT2D eigenvalue weighted by Gasteiger charge is 2.24. The fourth-order valence-electron chi connectivity index (χ4n) is 5.15. The highest BCUT2D eigenvalue weighted by atomic mass is 79.9. The first-order valence-corrected chi connectivity index (χ1v) is 13.1. The van der Waals surface area contributed by atoms with Crippen molar-refractivity contribution in [3.05, 3.63) is 150 Å². The molecule has 3 aromatic carbocycles. The summed E-state index contributed by atoms with van der Waals surface area (Å²) in [7, 11) is 0. The summed E-state index contributed by atoms with van der Waals surface area (Å²) in [6.45, 7) is 4.52. The van der Waals surface area contributed by atoms with Crippen LogP contribution in [0.25, 0.3) is 5.57 Å². The van der Waals surface area contributed by atoms with E-state index in [1.54, 1.807) is 0 Å². The van der Waals surface area contributed by atoms with Gasteiger partial charge in [-0.1, -0.05) is 91.5 Å². The Hall–Kier alpha value is -3.43. The second kappa shape index (κ2) is 13.2. The van der Waals surface area contributed by atoms with E-state index in [1.807, 2.05) is 0 Å². The van der Waals surface area contributed by atoms with Crippen LogP contribution in [0.3, 0.4) is 0 Å². The maximum Gasteiger partial charge on any atom is 0.212 e. The van der Waals surface area contributed by atoms with Crippen molar-refractivity contribution in [3.63, 3.8) is 0 Å². The van der Waals surface area contributed by atoms with Crippen molar-refractivity contribution in [2.24, 2.45) is 0 Å². The second-order valence-electron chi connectivity index (χ2n) is 9.59. The Kier molecular flexibility index (Phi) is 9.51. The number of nitrogens with one attached hydrogen (secondary N) is 1. The minimum Gasteiger partial charge on any atom is -1.00 e. The number of nitrogens with zero attached hydrogens (tertiary/aromatic N) is 1. The van der Waals surface area contributed by atoms with E-state index in [0.717, 1.165) is 23.2 Å². The Bertz CT molecular complexity index is 1260. The molecule has 3 heteroatoms. The fraction of sp³-hybridized carbons (Fsp3) is 0.206. The monoisotopic (exact) mass is 550 g/mol. The van der Waals surface area contributed by atoms with E-state index < -0.39 is 0 Å². The number of rotatable bonds is 7. The van der Waals surface area contributed by atoms with Crippen LogP contribution in [0, 0.1) is 0 Å². The van der Waals surface area contributed by atoms with Gasteiger partial charge in [0.05, 0.1) is 6.04 Å². The van der Waals surface area contributed by atoms with E-state index >= 15 is 0 Å². The average molecular weight is 552 g/mol. The molecule has 1 N–H and O–H groups in total. The third-order valence-electron chi connectivity index (χ3n) is 7.14. The van der Waals surface area contributed by atoms with Gasteiger partial charge in [0, 0.05) is 36.2 Å². The molecular formula is C34H35BrN2. The summed E-state index contributed by atoms with van der Waals surface area (Å²) in [4.78, 5) is 0. The highest BCUT2D eigenvalue weighted by Crippen LogP contribution is 2.29. The van der Waals surface area contributed by atoms with Gasteiger partial charge in [-0.05, 0) is 54.2 Å². The van der Waals surface area contributed by atoms with E-state index in [-0.39, 0.29) is 23.0 Å². The number of hydrogen-bond acceptors (Lipinski definition) is 1. The van der Waals surface area contributed by atoms with E-state index in [1.165, 1.54) is 42.5 Å². The van der Waals surface area contributed by atoms with E-state index in [2.05, 4.69) is 138 Å². The van der Waals surface area contributed by atoms with Crippen LogP contribution < -0.4 is 26.9 Å². The molecule has 188 valence electrons. The molecule has 0 fully saturated rings. The molecule has 1 unspecified atom stereocenters. The smallest absolute Gasteiger partial charge is 0.212 e. The van der Waals surface area contributed by atoms with Gasteiger partial charge in [0.15, 0.2) is 12.2 Å². The van der Waals surface area contributed by atoms with Crippen LogP contribution in [0.2, 0.25) is 0 Å². The SMILES string of the molecule is C=C(c1ccc(NC(c2ccccc2)c2ccccc2)cc1)c1cccc[n+]1C1C/C=C/CCCC1.[Br-]. The molecule has 0 aliphatic heterocycles. The number of halogens is 1. The largest absolute Gasteiger partial charge is 1.00 e. The molecule has 37 heavy (non-hydrogen) atoms. The molecule has 1 atom stereocenters. The van der Waals surface area contributed by atoms with Crippen LogP contribution in [0.4, 0.5) is 5.69 Å². The first kappa shape index (κ1) is 26.6. The Morgan fingerprint density at radius 2 is 1.41 bits per heavy atom. The summed E-state index contributed by atoms with van der Waals surface area (Å²) in [5, 5.41) is 3.75. The lowest BCUT2D eigenvalue weighted by molar-refractivity contribution is -0.725. The Labute approximate surface area is 232 Å². The molecule has 0 amide bonds. The van der Waals surface area contributed by atoms with Gasteiger partial charge in [0.2, 0.25) is 5.69 Å². The molecule has 1 aromatic heterocycles. The standard InChI is InChI=1S/C34H35N2.BrH/c1-27(33-21-13-14-26-36(33)32-19-11-3-2-4-12-20-32)28-22-24-31(25-23-28)35-34(29-15-7-5-8-16-29)30-17-9-6-10-18-30;/h3,5-11,13-18,21-26,32,34-35H,1-2,4,12,19-20H2;1H/q+1;/p-1/b11-3+;. The van der Waals surface area contributed by atoms with Crippen molar-refractivity contribution < 1.29 is 21.5 Å². The predicted molar refractivity (Wildman–Crippen MR) is 151 cm³/mol. The number of pyridine rings is 1. The van der Waals surface area contributed by atoms with E-state index in [4.69, 9.17) is 0 Å². The first-order valence-electron chi connectivity index (χ1n) is 13.1. The van der Waals surface area contributed by atoms with Gasteiger partial charge in [-0.2, -0.15) is 4.57 Å². The van der Waals surface area contributed by atoms with Gasteiger partial charge < -0.3 is 22.3 Å². The molecule has 1 aliphatic rings. The summed E-state index contributed by atoms with van der Waals surface area (Å²) < 4.78 is 2.44. The summed E-state index contributed by atoms with van der Waals surface area (Å²) in [6, 6.07) is 37.0. The molecule has 0 bridgehead atoms. The van der Waals surface area contributed by atoms with Crippen LogP contribution in [-0.4, -0.2) is 0 Å². The number of aromatic nitrogens is 1. The molecule has 0 radical (unpaired) electrons. The number of allylic oxidation sites excluding steroid dienone is 2. The van der Waals surface area contributed by atoms with E-state index in [0.29, 0.717) is 6.04 Å². The number of anilines is 1. The van der Waals surface area contributed by atoms with Crippen LogP contribution >= 0.6 is 0 Å². The molecule has 2 nitrogen and oxygen atoms in total. The van der Waals surface area contributed by atoms with Crippen LogP contribution in [0.15, 0.2) is 128 Å². The van der Waals surface area contributed by atoms with Crippen LogP contribution in [0.5, 0.6) is 0 Å². The summed E-state index contributed by atoms with van der Waals surface area (Å²) in [5.41, 5.74) is 7.00. The maximum atomic E-state index is 4.52. The molecule has 4 aromatic rings. The number of hydrogen-bond donors (Lipinski definition) is 1. The summed E-state index contributed by atoms with van der Waals surface area (Å²) in [6.07, 6.45) is 13.0. The third-order valence-corrected chi connectivity index (χ3v) is 7.14. The topological polar surface area (TPSA) is 15.9 Å². The molecule has 0 saturated carbocycles. The normalized spacial score (nSPS) is 16.2. The van der Waals surface area contributed by atoms with Gasteiger partial charge in [0.25, 0.3) is 0 Å². The molecule has 0 spiro atoms.